The van der Waals surface area contributed by atoms with Gasteiger partial charge in [0.2, 0.25) is 10.0 Å². The van der Waals surface area contributed by atoms with Crippen LogP contribution in [-0.4, -0.2) is 42.9 Å². The van der Waals surface area contributed by atoms with Crippen LogP contribution in [0.15, 0.2) is 35.2 Å². The molecule has 1 heterocycles. The van der Waals surface area contributed by atoms with Gasteiger partial charge in [0.25, 0.3) is 5.91 Å². The van der Waals surface area contributed by atoms with Crippen molar-refractivity contribution in [3.05, 3.63) is 59.2 Å². The van der Waals surface area contributed by atoms with Gasteiger partial charge >= 0.3 is 0 Å². The van der Waals surface area contributed by atoms with E-state index in [4.69, 9.17) is 0 Å². The molecule has 1 saturated carbocycles. The normalized spacial score (nSPS) is 23.7. The Hall–Kier alpha value is -2.50. The minimum Gasteiger partial charge on any atom is -0.393 e. The van der Waals surface area contributed by atoms with E-state index in [0.717, 1.165) is 22.5 Å². The highest BCUT2D eigenvalue weighted by Gasteiger charge is 2.45. The number of carbonyl (C=O) groups is 1. The molecule has 6 nitrogen and oxygen atoms in total. The number of hydrogen-bond acceptors (Lipinski definition) is 4. The Bertz CT molecular complexity index is 1120. The number of fused-ring (bicyclic) bond motifs is 1. The first-order valence-electron chi connectivity index (χ1n) is 9.50. The summed E-state index contributed by atoms with van der Waals surface area (Å²) >= 11 is 0. The van der Waals surface area contributed by atoms with E-state index in [1.54, 1.807) is 0 Å². The highest BCUT2D eigenvalue weighted by molar-refractivity contribution is 7.89. The molecule has 2 aromatic carbocycles. The molecule has 0 aromatic heterocycles. The summed E-state index contributed by atoms with van der Waals surface area (Å²) < 4.78 is 81.2. The van der Waals surface area contributed by atoms with Crippen LogP contribution in [0.3, 0.4) is 0 Å². The fraction of sp³-hybridized carbons (Fsp3) is 0.350. The van der Waals surface area contributed by atoms with Gasteiger partial charge in [-0.05, 0) is 42.9 Å². The van der Waals surface area contributed by atoms with Gasteiger partial charge < -0.3 is 10.4 Å². The molecule has 1 aliphatic carbocycles. The minimum absolute atomic E-state index is 0.0115. The zero-order chi connectivity index (χ0) is 22.5. The Morgan fingerprint density at radius 2 is 1.55 bits per heavy atom. The molecule has 0 spiro atoms. The van der Waals surface area contributed by atoms with Crippen LogP contribution in [0.2, 0.25) is 0 Å². The second-order valence-corrected chi connectivity index (χ2v) is 9.73. The quantitative estimate of drug-likeness (QED) is 0.545. The predicted molar refractivity (Wildman–Crippen MR) is 102 cm³/mol. The zero-order valence-corrected chi connectivity index (χ0v) is 16.8. The van der Waals surface area contributed by atoms with Gasteiger partial charge in [0.15, 0.2) is 17.5 Å². The molecule has 11 heteroatoms. The number of benzene rings is 2. The number of hydrogen-bond donors (Lipinski definition) is 2. The molecule has 2 aliphatic rings. The second-order valence-electron chi connectivity index (χ2n) is 7.82. The maximum Gasteiger partial charge on any atom is 0.255 e. The monoisotopic (exact) mass is 458 g/mol. The summed E-state index contributed by atoms with van der Waals surface area (Å²) in [4.78, 5) is 11.7. The van der Waals surface area contributed by atoms with Crippen LogP contribution >= 0.6 is 0 Å². The topological polar surface area (TPSA) is 86.7 Å². The fourth-order valence-corrected chi connectivity index (χ4v) is 5.88. The van der Waals surface area contributed by atoms with Crippen LogP contribution in [0.4, 0.5) is 23.2 Å². The van der Waals surface area contributed by atoms with Crippen LogP contribution < -0.4 is 5.32 Å². The van der Waals surface area contributed by atoms with E-state index in [-0.39, 0.29) is 36.2 Å². The number of sulfonamides is 1. The van der Waals surface area contributed by atoms with Crippen LogP contribution in [0.1, 0.15) is 23.2 Å². The van der Waals surface area contributed by atoms with Gasteiger partial charge in [0.1, 0.15) is 10.7 Å². The summed E-state index contributed by atoms with van der Waals surface area (Å²) in [7, 11) is -4.25. The first kappa shape index (κ1) is 21.7. The number of anilines is 1. The molecule has 31 heavy (non-hydrogen) atoms. The molecule has 1 amide bonds. The summed E-state index contributed by atoms with van der Waals surface area (Å²) in [6.45, 7) is 0.294. The lowest BCUT2D eigenvalue weighted by atomic mass is 10.0. The van der Waals surface area contributed by atoms with Crippen molar-refractivity contribution in [3.63, 3.8) is 0 Å². The van der Waals surface area contributed by atoms with Crippen molar-refractivity contribution in [1.82, 2.24) is 4.31 Å². The van der Waals surface area contributed by atoms with Crippen LogP contribution in [-0.2, 0) is 10.0 Å². The van der Waals surface area contributed by atoms with Gasteiger partial charge in [-0.1, -0.05) is 0 Å². The Balaban J connectivity index is 1.58. The molecule has 2 atom stereocenters. The number of halogens is 4. The summed E-state index contributed by atoms with van der Waals surface area (Å²) in [5, 5.41) is 11.8. The third-order valence-electron chi connectivity index (χ3n) is 5.75. The largest absolute Gasteiger partial charge is 0.393 e. The first-order chi connectivity index (χ1) is 14.6. The van der Waals surface area contributed by atoms with E-state index >= 15 is 0 Å². The fourth-order valence-electron chi connectivity index (χ4n) is 4.23. The van der Waals surface area contributed by atoms with Gasteiger partial charge in [-0.3, -0.25) is 4.79 Å². The van der Waals surface area contributed by atoms with Gasteiger partial charge in [-0.15, -0.1) is 0 Å². The third-order valence-corrected chi connectivity index (χ3v) is 7.59. The Kier molecular flexibility index (Phi) is 5.52. The maximum absolute atomic E-state index is 14.4. The highest BCUT2D eigenvalue weighted by atomic mass is 32.2. The summed E-state index contributed by atoms with van der Waals surface area (Å²) in [5.74, 6) is -6.75. The SMILES string of the molecule is O=C(Nc1cc(F)c(F)c(F)c1)c1ccc(F)c(S(=O)(=O)N2CC3CC(O)CC3C2)c1. The molecule has 0 radical (unpaired) electrons. The standard InChI is InChI=1S/C20H18F4N2O4S/c21-15-2-1-10(20(28)25-13-6-16(22)19(24)17(23)7-13)5-18(15)31(29,30)26-8-11-3-14(27)4-12(11)9-26/h1-2,5-7,11-12,14,27H,3-4,8-9H2,(H,25,28). The van der Waals surface area contributed by atoms with Crippen LogP contribution in [0.5, 0.6) is 0 Å². The van der Waals surface area contributed by atoms with Crippen molar-refractivity contribution in [2.24, 2.45) is 11.8 Å². The summed E-state index contributed by atoms with van der Waals surface area (Å²) in [6, 6.07) is 3.81. The number of rotatable bonds is 4. The third kappa shape index (κ3) is 4.04. The van der Waals surface area contributed by atoms with Gasteiger partial charge in [0, 0.05) is 36.5 Å². The van der Waals surface area contributed by atoms with E-state index in [0.29, 0.717) is 25.0 Å². The molecule has 1 saturated heterocycles. The molecule has 4 rings (SSSR count). The predicted octanol–water partition coefficient (Wildman–Crippen LogP) is 2.89. The minimum atomic E-state index is -4.25. The molecule has 1 aliphatic heterocycles. The van der Waals surface area contributed by atoms with Gasteiger partial charge in [0.05, 0.1) is 6.10 Å². The van der Waals surface area contributed by atoms with Crippen molar-refractivity contribution < 1.29 is 35.9 Å². The number of nitrogens with zero attached hydrogens (tertiary/aromatic N) is 1. The summed E-state index contributed by atoms with van der Waals surface area (Å²) in [5.41, 5.74) is -0.652. The number of aliphatic hydroxyl groups is 1. The van der Waals surface area contributed by atoms with Crippen LogP contribution in [0, 0.1) is 35.1 Å². The molecular formula is C20H18F4N2O4S. The van der Waals surface area contributed by atoms with E-state index in [1.807, 2.05) is 0 Å². The second kappa shape index (κ2) is 7.88. The van der Waals surface area contributed by atoms with Crippen molar-refractivity contribution in [1.29, 1.82) is 0 Å². The highest BCUT2D eigenvalue weighted by Crippen LogP contribution is 2.40. The van der Waals surface area contributed by atoms with Gasteiger partial charge in [-0.2, -0.15) is 4.31 Å². The number of amides is 1. The van der Waals surface area contributed by atoms with E-state index < -0.39 is 50.2 Å². The van der Waals surface area contributed by atoms with Crippen molar-refractivity contribution >= 4 is 21.6 Å². The number of aliphatic hydroxyl groups excluding tert-OH is 1. The number of carbonyl (C=O) groups excluding carboxylic acids is 1. The first-order valence-corrected chi connectivity index (χ1v) is 10.9. The molecular weight excluding hydrogens is 440 g/mol. The summed E-state index contributed by atoms with van der Waals surface area (Å²) in [6.07, 6.45) is 0.489. The van der Waals surface area contributed by atoms with Crippen LogP contribution in [0.25, 0.3) is 0 Å². The number of nitrogens with one attached hydrogen (secondary N) is 1. The smallest absolute Gasteiger partial charge is 0.255 e. The van der Waals surface area contributed by atoms with Gasteiger partial charge in [-0.25, -0.2) is 26.0 Å². The lowest BCUT2D eigenvalue weighted by molar-refractivity contribution is 0.102. The van der Waals surface area contributed by atoms with Crippen molar-refractivity contribution in [2.75, 3.05) is 18.4 Å². The Labute approximate surface area is 175 Å². The lowest BCUT2D eigenvalue weighted by Gasteiger charge is -2.19. The molecule has 0 bridgehead atoms. The Morgan fingerprint density at radius 3 is 2.13 bits per heavy atom. The maximum atomic E-state index is 14.4. The molecule has 166 valence electrons. The van der Waals surface area contributed by atoms with E-state index in [1.165, 1.54) is 0 Å². The molecule has 2 aromatic rings. The zero-order valence-electron chi connectivity index (χ0n) is 16.0. The van der Waals surface area contributed by atoms with E-state index in [2.05, 4.69) is 5.32 Å². The average molecular weight is 458 g/mol. The molecule has 2 fully saturated rings. The van der Waals surface area contributed by atoms with Crippen molar-refractivity contribution in [2.45, 2.75) is 23.8 Å². The average Bonchev–Trinajstić information content (AvgIpc) is 3.24. The Morgan fingerprint density at radius 1 is 0.968 bits per heavy atom. The lowest BCUT2D eigenvalue weighted by Crippen LogP contribution is -2.31. The van der Waals surface area contributed by atoms with E-state index in [9.17, 15) is 35.9 Å². The molecule has 2 N–H and O–H groups in total. The van der Waals surface area contributed by atoms with Crippen molar-refractivity contribution in [3.8, 4) is 0 Å². The molecule has 2 unspecified atom stereocenters.